The molecule has 2 aliphatic heterocycles. The number of esters is 1. The average molecular weight is 520 g/mol. The van der Waals surface area contributed by atoms with Crippen LogP contribution in [0.25, 0.3) is 0 Å². The molecule has 0 spiro atoms. The van der Waals surface area contributed by atoms with Gasteiger partial charge in [0.25, 0.3) is 11.8 Å². The van der Waals surface area contributed by atoms with Crippen LogP contribution in [0.2, 0.25) is 0 Å². The first-order valence-electron chi connectivity index (χ1n) is 13.4. The number of hydrogen-bond donors (Lipinski definition) is 0. The Kier molecular flexibility index (Phi) is 8.31. The van der Waals surface area contributed by atoms with Crippen molar-refractivity contribution in [3.8, 4) is 0 Å². The van der Waals surface area contributed by atoms with Crippen LogP contribution in [0, 0.1) is 11.8 Å². The molecule has 0 unspecified atom stereocenters. The van der Waals surface area contributed by atoms with E-state index in [1.165, 1.54) is 4.90 Å². The number of nitrogens with zero attached hydrogens (tertiary/aromatic N) is 3. The Balaban J connectivity index is 1.51. The number of fused-ring (bicyclic) bond motifs is 1. The molecule has 0 bridgehead atoms. The van der Waals surface area contributed by atoms with E-state index < -0.39 is 5.54 Å². The predicted molar refractivity (Wildman–Crippen MR) is 145 cm³/mol. The second-order valence-corrected chi connectivity index (χ2v) is 10.8. The maximum absolute atomic E-state index is 13.6. The highest BCUT2D eigenvalue weighted by atomic mass is 16.5. The molecule has 4 rings (SSSR count). The molecule has 2 aromatic rings. The molecule has 0 aromatic heterocycles. The van der Waals surface area contributed by atoms with Crippen LogP contribution in [0.15, 0.2) is 54.6 Å². The summed E-state index contributed by atoms with van der Waals surface area (Å²) in [7, 11) is 0. The first kappa shape index (κ1) is 27.5. The summed E-state index contributed by atoms with van der Waals surface area (Å²) < 4.78 is 5.77. The molecule has 8 nitrogen and oxygen atoms in total. The van der Waals surface area contributed by atoms with E-state index in [0.717, 1.165) is 5.69 Å². The summed E-state index contributed by atoms with van der Waals surface area (Å²) in [5.41, 5.74) is 0.992. The second kappa shape index (κ2) is 11.5. The van der Waals surface area contributed by atoms with Crippen molar-refractivity contribution in [1.82, 2.24) is 9.80 Å². The van der Waals surface area contributed by atoms with E-state index in [1.54, 1.807) is 38.1 Å². The molecule has 0 radical (unpaired) electrons. The quantitative estimate of drug-likeness (QED) is 0.368. The minimum atomic E-state index is -0.695. The number of imide groups is 1. The van der Waals surface area contributed by atoms with E-state index in [9.17, 15) is 19.2 Å². The lowest BCUT2D eigenvalue weighted by Gasteiger charge is -2.49. The van der Waals surface area contributed by atoms with E-state index in [0.29, 0.717) is 50.1 Å². The normalized spacial score (nSPS) is 17.2. The summed E-state index contributed by atoms with van der Waals surface area (Å²) in [6, 6.07) is 16.5. The highest BCUT2D eigenvalue weighted by Crippen LogP contribution is 2.35. The summed E-state index contributed by atoms with van der Waals surface area (Å²) in [6.07, 6.45) is 1.18. The van der Waals surface area contributed by atoms with Crippen molar-refractivity contribution in [1.29, 1.82) is 0 Å². The summed E-state index contributed by atoms with van der Waals surface area (Å²) in [5, 5.41) is 0. The van der Waals surface area contributed by atoms with Crippen LogP contribution in [-0.2, 0) is 14.3 Å². The van der Waals surface area contributed by atoms with Gasteiger partial charge in [0.2, 0.25) is 5.91 Å². The van der Waals surface area contributed by atoms with E-state index in [4.69, 9.17) is 4.74 Å². The highest BCUT2D eigenvalue weighted by Gasteiger charge is 2.45. The van der Waals surface area contributed by atoms with E-state index in [-0.39, 0.29) is 42.1 Å². The Morgan fingerprint density at radius 1 is 0.842 bits per heavy atom. The predicted octanol–water partition coefficient (Wildman–Crippen LogP) is 4.01. The minimum Gasteiger partial charge on any atom is -0.463 e. The molecule has 1 fully saturated rings. The van der Waals surface area contributed by atoms with Gasteiger partial charge in [-0.25, -0.2) is 0 Å². The number of hydrogen-bond acceptors (Lipinski definition) is 6. The van der Waals surface area contributed by atoms with Crippen LogP contribution in [-0.4, -0.2) is 71.8 Å². The molecule has 2 aromatic carbocycles. The van der Waals surface area contributed by atoms with Gasteiger partial charge in [-0.15, -0.1) is 0 Å². The van der Waals surface area contributed by atoms with Crippen LogP contribution in [0.3, 0.4) is 0 Å². The fourth-order valence-electron chi connectivity index (χ4n) is 5.15. The van der Waals surface area contributed by atoms with Gasteiger partial charge in [0.15, 0.2) is 0 Å². The van der Waals surface area contributed by atoms with Gasteiger partial charge in [-0.1, -0.05) is 58.0 Å². The van der Waals surface area contributed by atoms with Crippen molar-refractivity contribution in [3.63, 3.8) is 0 Å². The van der Waals surface area contributed by atoms with Crippen LogP contribution < -0.4 is 4.90 Å². The SMILES string of the molecule is CC(C)C(=O)OCC1(N(C(=O)C(C)C)c2ccccc2)CCN(CCN2C(=O)c3ccccc3C2=O)CC1. The lowest BCUT2D eigenvalue weighted by atomic mass is 9.84. The van der Waals surface area contributed by atoms with Gasteiger partial charge in [0.05, 0.1) is 22.6 Å². The van der Waals surface area contributed by atoms with Crippen LogP contribution >= 0.6 is 0 Å². The Hall–Kier alpha value is -3.52. The molecule has 0 atom stereocenters. The van der Waals surface area contributed by atoms with Gasteiger partial charge in [-0.2, -0.15) is 0 Å². The number of piperidine rings is 1. The number of para-hydroxylation sites is 1. The first-order chi connectivity index (χ1) is 18.1. The van der Waals surface area contributed by atoms with Gasteiger partial charge in [-0.3, -0.25) is 24.1 Å². The Labute approximate surface area is 224 Å². The minimum absolute atomic E-state index is 0.0173. The number of benzene rings is 2. The molecule has 0 saturated carbocycles. The third-order valence-electron chi connectivity index (χ3n) is 7.46. The number of ether oxygens (including phenoxy) is 1. The number of likely N-dealkylation sites (tertiary alicyclic amines) is 1. The number of amides is 3. The number of anilines is 1. The fourth-order valence-corrected chi connectivity index (χ4v) is 5.15. The average Bonchev–Trinajstić information content (AvgIpc) is 3.16. The van der Waals surface area contributed by atoms with Crippen molar-refractivity contribution in [2.24, 2.45) is 11.8 Å². The molecule has 0 N–H and O–H groups in total. The molecule has 3 amide bonds. The zero-order chi connectivity index (χ0) is 27.4. The van der Waals surface area contributed by atoms with Gasteiger partial charge < -0.3 is 14.5 Å². The number of rotatable bonds is 9. The topological polar surface area (TPSA) is 87.2 Å². The maximum Gasteiger partial charge on any atom is 0.308 e. The van der Waals surface area contributed by atoms with Crippen LogP contribution in [0.5, 0.6) is 0 Å². The summed E-state index contributed by atoms with van der Waals surface area (Å²) in [4.78, 5) is 56.9. The maximum atomic E-state index is 13.6. The third kappa shape index (κ3) is 5.50. The molecule has 1 saturated heterocycles. The third-order valence-corrected chi connectivity index (χ3v) is 7.46. The van der Waals surface area contributed by atoms with Crippen LogP contribution in [0.4, 0.5) is 5.69 Å². The lowest BCUT2D eigenvalue weighted by Crippen LogP contribution is -2.61. The Morgan fingerprint density at radius 3 is 1.92 bits per heavy atom. The smallest absolute Gasteiger partial charge is 0.308 e. The largest absolute Gasteiger partial charge is 0.463 e. The molecule has 202 valence electrons. The van der Waals surface area contributed by atoms with E-state index >= 15 is 0 Å². The molecule has 38 heavy (non-hydrogen) atoms. The molecule has 2 heterocycles. The molecular formula is C30H37N3O5. The highest BCUT2D eigenvalue weighted by molar-refractivity contribution is 6.21. The number of carbonyl (C=O) groups excluding carboxylic acids is 4. The van der Waals surface area contributed by atoms with Crippen molar-refractivity contribution >= 4 is 29.4 Å². The standard InChI is InChI=1S/C30H37N3O5/c1-21(2)26(34)33(23-10-6-5-7-11-23)30(20-38-29(37)22(3)4)14-16-31(17-15-30)18-19-32-27(35)24-12-8-9-13-25(24)28(32)36/h5-13,21-22H,14-20H2,1-4H3. The first-order valence-corrected chi connectivity index (χ1v) is 13.4. The van der Waals surface area contributed by atoms with E-state index in [1.807, 2.05) is 49.1 Å². The number of carbonyl (C=O) groups is 4. The zero-order valence-electron chi connectivity index (χ0n) is 22.7. The monoisotopic (exact) mass is 519 g/mol. The second-order valence-electron chi connectivity index (χ2n) is 10.8. The summed E-state index contributed by atoms with van der Waals surface area (Å²) in [6.45, 7) is 9.58. The Morgan fingerprint density at radius 2 is 1.39 bits per heavy atom. The molecular weight excluding hydrogens is 482 g/mol. The van der Waals surface area contributed by atoms with Crippen molar-refractivity contribution in [2.75, 3.05) is 37.7 Å². The zero-order valence-corrected chi connectivity index (χ0v) is 22.7. The van der Waals surface area contributed by atoms with Gasteiger partial charge in [0.1, 0.15) is 6.61 Å². The molecule has 8 heteroatoms. The van der Waals surface area contributed by atoms with Crippen molar-refractivity contribution < 1.29 is 23.9 Å². The van der Waals surface area contributed by atoms with E-state index in [2.05, 4.69) is 4.90 Å². The summed E-state index contributed by atoms with van der Waals surface area (Å²) in [5.74, 6) is -1.32. The lowest BCUT2D eigenvalue weighted by molar-refractivity contribution is -0.150. The molecule has 0 aliphatic carbocycles. The van der Waals surface area contributed by atoms with Crippen molar-refractivity contribution in [3.05, 3.63) is 65.7 Å². The Bertz CT molecular complexity index is 1150. The summed E-state index contributed by atoms with van der Waals surface area (Å²) >= 11 is 0. The fraction of sp³-hybridized carbons (Fsp3) is 0.467. The molecule has 2 aliphatic rings. The van der Waals surface area contributed by atoms with Gasteiger partial charge in [-0.05, 0) is 37.1 Å². The van der Waals surface area contributed by atoms with Gasteiger partial charge in [0, 0.05) is 37.8 Å². The van der Waals surface area contributed by atoms with Crippen molar-refractivity contribution in [2.45, 2.75) is 46.1 Å². The van der Waals surface area contributed by atoms with Crippen LogP contribution in [0.1, 0.15) is 61.3 Å². The van der Waals surface area contributed by atoms with Gasteiger partial charge >= 0.3 is 5.97 Å².